The van der Waals surface area contributed by atoms with Crippen molar-refractivity contribution >= 4 is 0 Å². The molecule has 0 bridgehead atoms. The van der Waals surface area contributed by atoms with Crippen LogP contribution in [-0.2, 0) is 6.42 Å². The van der Waals surface area contributed by atoms with Gasteiger partial charge in [-0.1, -0.05) is 20.4 Å². The molecule has 1 saturated carbocycles. The van der Waals surface area contributed by atoms with E-state index < -0.39 is 0 Å². The fraction of sp³-hybridized carbons (Fsp3) is 0.467. The van der Waals surface area contributed by atoms with E-state index in [0.717, 1.165) is 11.1 Å². The Morgan fingerprint density at radius 1 is 1.47 bits per heavy atom. The van der Waals surface area contributed by atoms with Crippen LogP contribution >= 0.6 is 0 Å². The van der Waals surface area contributed by atoms with E-state index in [1.165, 1.54) is 18.4 Å². The Labute approximate surface area is 103 Å². The van der Waals surface area contributed by atoms with E-state index in [2.05, 4.69) is 20.4 Å². The second-order valence-corrected chi connectivity index (χ2v) is 5.33. The number of hydrogen-bond donors (Lipinski definition) is 1. The van der Waals surface area contributed by atoms with Crippen LogP contribution in [0.25, 0.3) is 0 Å². The average Bonchev–Trinajstić information content (AvgIpc) is 3.02. The Hall–Kier alpha value is -1.31. The summed E-state index contributed by atoms with van der Waals surface area (Å²) in [5.74, 6) is 0.733. The van der Waals surface area contributed by atoms with Crippen molar-refractivity contribution in [3.63, 3.8) is 0 Å². The third-order valence-electron chi connectivity index (χ3n) is 3.33. The summed E-state index contributed by atoms with van der Waals surface area (Å²) in [7, 11) is 0. The van der Waals surface area contributed by atoms with Gasteiger partial charge in [-0.15, -0.1) is 0 Å². The summed E-state index contributed by atoms with van der Waals surface area (Å²) >= 11 is 0. The molecular formula is C15H20FN. The van der Waals surface area contributed by atoms with Crippen LogP contribution in [0.3, 0.4) is 0 Å². The Balaban J connectivity index is 2.51. The maximum Gasteiger partial charge on any atom is 0.123 e. The highest BCUT2D eigenvalue weighted by atomic mass is 19.1. The van der Waals surface area contributed by atoms with Gasteiger partial charge < -0.3 is 5.73 Å². The lowest BCUT2D eigenvalue weighted by Crippen LogP contribution is -2.07. The Morgan fingerprint density at radius 2 is 2.12 bits per heavy atom. The second-order valence-electron chi connectivity index (χ2n) is 5.33. The third-order valence-corrected chi connectivity index (χ3v) is 3.33. The molecule has 0 radical (unpaired) electrons. The van der Waals surface area contributed by atoms with Gasteiger partial charge in [0.1, 0.15) is 5.82 Å². The molecule has 0 aromatic heterocycles. The zero-order valence-electron chi connectivity index (χ0n) is 10.6. The van der Waals surface area contributed by atoms with Crippen molar-refractivity contribution in [1.29, 1.82) is 0 Å². The first-order chi connectivity index (χ1) is 7.99. The van der Waals surface area contributed by atoms with Gasteiger partial charge in [0, 0.05) is 12.1 Å². The van der Waals surface area contributed by atoms with Crippen molar-refractivity contribution in [3.05, 3.63) is 46.9 Å². The molecule has 92 valence electrons. The first kappa shape index (κ1) is 12.2. The fourth-order valence-electron chi connectivity index (χ4n) is 2.38. The van der Waals surface area contributed by atoms with Crippen LogP contribution in [0.15, 0.2) is 24.4 Å². The zero-order chi connectivity index (χ0) is 12.6. The van der Waals surface area contributed by atoms with Crippen LogP contribution in [0.1, 0.15) is 55.2 Å². The number of rotatable bonds is 4. The Morgan fingerprint density at radius 3 is 2.59 bits per heavy atom. The van der Waals surface area contributed by atoms with Gasteiger partial charge in [0.05, 0.1) is 0 Å². The van der Waals surface area contributed by atoms with Crippen molar-refractivity contribution in [3.8, 4) is 0 Å². The van der Waals surface area contributed by atoms with Crippen molar-refractivity contribution in [1.82, 2.24) is 0 Å². The molecule has 0 amide bonds. The minimum Gasteiger partial charge on any atom is -0.402 e. The molecule has 0 spiro atoms. The van der Waals surface area contributed by atoms with E-state index in [1.807, 2.05) is 0 Å². The second kappa shape index (κ2) is 4.52. The van der Waals surface area contributed by atoms with Gasteiger partial charge in [0.2, 0.25) is 0 Å². The number of benzene rings is 1. The first-order valence-corrected chi connectivity index (χ1v) is 6.24. The maximum atomic E-state index is 13.6. The molecule has 2 heteroatoms. The molecule has 1 aliphatic carbocycles. The van der Waals surface area contributed by atoms with Crippen molar-refractivity contribution in [2.24, 2.45) is 5.73 Å². The van der Waals surface area contributed by atoms with Crippen molar-refractivity contribution in [2.75, 3.05) is 0 Å². The van der Waals surface area contributed by atoms with Gasteiger partial charge >= 0.3 is 0 Å². The molecule has 0 atom stereocenters. The summed E-state index contributed by atoms with van der Waals surface area (Å²) < 4.78 is 13.6. The van der Waals surface area contributed by atoms with E-state index in [0.29, 0.717) is 24.0 Å². The quantitative estimate of drug-likeness (QED) is 0.840. The van der Waals surface area contributed by atoms with Gasteiger partial charge in [0.15, 0.2) is 0 Å². The number of hydrogen-bond acceptors (Lipinski definition) is 1. The Bertz CT molecular complexity index is 421. The molecule has 2 N–H and O–H groups in total. The van der Waals surface area contributed by atoms with E-state index in [9.17, 15) is 4.39 Å². The molecule has 0 aliphatic heterocycles. The minimum absolute atomic E-state index is 0.123. The van der Waals surface area contributed by atoms with Crippen molar-refractivity contribution < 1.29 is 4.39 Å². The number of nitrogens with two attached hydrogens (primary N) is 1. The molecule has 1 fully saturated rings. The summed E-state index contributed by atoms with van der Waals surface area (Å²) in [6.07, 6.45) is 3.01. The summed E-state index contributed by atoms with van der Waals surface area (Å²) in [4.78, 5) is 0. The summed E-state index contributed by atoms with van der Waals surface area (Å²) in [5, 5.41) is 0. The SMILES string of the molecule is C=C(N)Cc1c(C(C)C)cc(F)cc1C1CC1. The normalized spacial score (nSPS) is 15.3. The lowest BCUT2D eigenvalue weighted by atomic mass is 9.89. The molecule has 0 unspecified atom stereocenters. The highest BCUT2D eigenvalue weighted by molar-refractivity contribution is 5.43. The van der Waals surface area contributed by atoms with Crippen molar-refractivity contribution in [2.45, 2.75) is 44.9 Å². The predicted molar refractivity (Wildman–Crippen MR) is 69.5 cm³/mol. The molecule has 2 rings (SSSR count). The van der Waals surface area contributed by atoms with Gasteiger partial charge in [-0.05, 0) is 53.5 Å². The zero-order valence-corrected chi connectivity index (χ0v) is 10.6. The van der Waals surface area contributed by atoms with Crippen LogP contribution < -0.4 is 5.73 Å². The smallest absolute Gasteiger partial charge is 0.123 e. The van der Waals surface area contributed by atoms with Gasteiger partial charge in [-0.25, -0.2) is 4.39 Å². The average molecular weight is 233 g/mol. The summed E-state index contributed by atoms with van der Waals surface area (Å²) in [6.45, 7) is 7.96. The lowest BCUT2D eigenvalue weighted by molar-refractivity contribution is 0.618. The van der Waals surface area contributed by atoms with Crippen LogP contribution in [0.5, 0.6) is 0 Å². The van der Waals surface area contributed by atoms with E-state index in [1.54, 1.807) is 12.1 Å². The molecule has 1 aromatic rings. The van der Waals surface area contributed by atoms with E-state index in [-0.39, 0.29) is 5.82 Å². The molecular weight excluding hydrogens is 213 g/mol. The van der Waals surface area contributed by atoms with Gasteiger partial charge in [-0.3, -0.25) is 0 Å². The standard InChI is InChI=1S/C15H20FN/c1-9(2)13-7-12(16)8-14(11-4-5-11)15(13)6-10(3)17/h7-9,11H,3-6,17H2,1-2H3. The number of halogens is 1. The number of allylic oxidation sites excluding steroid dienone is 1. The Kier molecular flexibility index (Phi) is 3.23. The third kappa shape index (κ3) is 2.68. The summed E-state index contributed by atoms with van der Waals surface area (Å²) in [6, 6.07) is 3.33. The van der Waals surface area contributed by atoms with Gasteiger partial charge in [-0.2, -0.15) is 0 Å². The molecule has 1 aliphatic rings. The van der Waals surface area contributed by atoms with E-state index >= 15 is 0 Å². The lowest BCUT2D eigenvalue weighted by Gasteiger charge is -2.17. The molecule has 0 saturated heterocycles. The summed E-state index contributed by atoms with van der Waals surface area (Å²) in [5.41, 5.74) is 9.83. The highest BCUT2D eigenvalue weighted by Crippen LogP contribution is 2.44. The minimum atomic E-state index is -0.123. The van der Waals surface area contributed by atoms with Crippen LogP contribution in [0.2, 0.25) is 0 Å². The molecule has 0 heterocycles. The fourth-order valence-corrected chi connectivity index (χ4v) is 2.38. The topological polar surface area (TPSA) is 26.0 Å². The molecule has 1 nitrogen and oxygen atoms in total. The molecule has 17 heavy (non-hydrogen) atoms. The monoisotopic (exact) mass is 233 g/mol. The molecule has 1 aromatic carbocycles. The van der Waals surface area contributed by atoms with Gasteiger partial charge in [0.25, 0.3) is 0 Å². The predicted octanol–water partition coefficient (Wildman–Crippen LogP) is 3.84. The largest absolute Gasteiger partial charge is 0.402 e. The maximum absolute atomic E-state index is 13.6. The van der Waals surface area contributed by atoms with E-state index in [4.69, 9.17) is 5.73 Å². The van der Waals surface area contributed by atoms with Crippen LogP contribution in [0, 0.1) is 5.82 Å². The van der Waals surface area contributed by atoms with Crippen LogP contribution in [0.4, 0.5) is 4.39 Å². The van der Waals surface area contributed by atoms with Crippen LogP contribution in [-0.4, -0.2) is 0 Å². The first-order valence-electron chi connectivity index (χ1n) is 6.24. The highest BCUT2D eigenvalue weighted by Gasteiger charge is 2.28.